The van der Waals surface area contributed by atoms with Crippen LogP contribution in [-0.4, -0.2) is 62.2 Å². The Balaban J connectivity index is 0.00000149. The first-order chi connectivity index (χ1) is 16.1. The molecule has 33 heavy (non-hydrogen) atoms. The van der Waals surface area contributed by atoms with Gasteiger partial charge in [0.25, 0.3) is 5.91 Å². The first kappa shape index (κ1) is 24.4. The Kier molecular flexibility index (Phi) is 8.59. The van der Waals surface area contributed by atoms with E-state index in [-0.39, 0.29) is 11.2 Å². The summed E-state index contributed by atoms with van der Waals surface area (Å²) in [6.45, 7) is 7.12. The number of nitrogens with zero attached hydrogens (tertiary/aromatic N) is 5. The van der Waals surface area contributed by atoms with Crippen molar-refractivity contribution in [2.45, 2.75) is 43.9 Å². The van der Waals surface area contributed by atoms with Crippen molar-refractivity contribution in [1.82, 2.24) is 24.9 Å². The molecule has 1 aliphatic rings. The summed E-state index contributed by atoms with van der Waals surface area (Å²) >= 11 is 1.53. The number of likely N-dealkylation sites (tertiary alicyclic amines) is 1. The van der Waals surface area contributed by atoms with E-state index in [1.54, 1.807) is 30.7 Å². The number of piperidine rings is 1. The third-order valence-corrected chi connectivity index (χ3v) is 6.48. The molecule has 1 unspecified atom stereocenters. The number of methoxy groups -OCH3 is 1. The zero-order chi connectivity index (χ0) is 23.8. The van der Waals surface area contributed by atoms with Crippen molar-refractivity contribution < 1.29 is 14.3 Å². The van der Waals surface area contributed by atoms with Gasteiger partial charge in [-0.1, -0.05) is 26.0 Å². The number of rotatable bonds is 5. The maximum absolute atomic E-state index is 13.3. The molecule has 0 bridgehead atoms. The van der Waals surface area contributed by atoms with Gasteiger partial charge < -0.3 is 9.64 Å². The third kappa shape index (κ3) is 5.60. The molecular weight excluding hydrogens is 438 g/mol. The average Bonchev–Trinajstić information content (AvgIpc) is 3.40. The van der Waals surface area contributed by atoms with Gasteiger partial charge >= 0.3 is 5.97 Å². The van der Waals surface area contributed by atoms with E-state index in [1.165, 1.54) is 23.7 Å². The number of aryl methyl sites for hydroxylation is 1. The normalized spacial score (nSPS) is 15.4. The lowest BCUT2D eigenvalue weighted by Gasteiger charge is -2.33. The number of carbonyl (C=O) groups is 2. The largest absolute Gasteiger partial charge is 0.465 e. The second-order valence-corrected chi connectivity index (χ2v) is 8.56. The van der Waals surface area contributed by atoms with E-state index in [9.17, 15) is 9.59 Å². The number of pyridine rings is 1. The Morgan fingerprint density at radius 3 is 2.55 bits per heavy atom. The molecule has 174 valence electrons. The molecule has 0 radical (unpaired) electrons. The Morgan fingerprint density at radius 2 is 1.82 bits per heavy atom. The molecule has 1 aromatic carbocycles. The molecule has 0 N–H and O–H groups in total. The Labute approximate surface area is 198 Å². The molecule has 0 aliphatic carbocycles. The van der Waals surface area contributed by atoms with E-state index >= 15 is 0 Å². The molecule has 2 aromatic heterocycles. The summed E-state index contributed by atoms with van der Waals surface area (Å²) in [4.78, 5) is 33.3. The standard InChI is InChI=1S/C22H23N5O3S.C2H6/c1-15-9-10-23-20(19(15)22(29)30-2)31-16-6-5-13-26(14-16)21(28)17-7-3-4-8-18(17)27-24-11-12-25-27;1-2/h3-4,7-12,16H,5-6,13-14H2,1-2H3;1-2H3. The second kappa shape index (κ2) is 11.6. The summed E-state index contributed by atoms with van der Waals surface area (Å²) in [5, 5.41) is 9.11. The van der Waals surface area contributed by atoms with Gasteiger partial charge in [0, 0.05) is 24.5 Å². The monoisotopic (exact) mass is 467 g/mol. The van der Waals surface area contributed by atoms with Crippen molar-refractivity contribution >= 4 is 23.6 Å². The molecule has 1 amide bonds. The topological polar surface area (TPSA) is 90.2 Å². The fourth-order valence-electron chi connectivity index (χ4n) is 3.69. The zero-order valence-corrected chi connectivity index (χ0v) is 20.2. The minimum Gasteiger partial charge on any atom is -0.465 e. The van der Waals surface area contributed by atoms with E-state index in [0.717, 1.165) is 18.4 Å². The van der Waals surface area contributed by atoms with Gasteiger partial charge in [0.05, 0.1) is 36.3 Å². The Bertz CT molecular complexity index is 1090. The van der Waals surface area contributed by atoms with Crippen LogP contribution >= 0.6 is 11.8 Å². The van der Waals surface area contributed by atoms with Gasteiger partial charge in [-0.2, -0.15) is 15.0 Å². The van der Waals surface area contributed by atoms with Crippen LogP contribution in [0.3, 0.4) is 0 Å². The highest BCUT2D eigenvalue weighted by Crippen LogP contribution is 2.32. The van der Waals surface area contributed by atoms with Gasteiger partial charge in [0.1, 0.15) is 5.03 Å². The number of ether oxygens (including phenoxy) is 1. The minimum absolute atomic E-state index is 0.0522. The SMILES string of the molecule is CC.COC(=O)c1c(C)ccnc1SC1CCCN(C(=O)c2ccccc2-n2nccn2)C1. The van der Waals surface area contributed by atoms with Crippen LogP contribution in [0.25, 0.3) is 5.69 Å². The number of thioether (sulfide) groups is 1. The van der Waals surface area contributed by atoms with Crippen LogP contribution in [0.2, 0.25) is 0 Å². The summed E-state index contributed by atoms with van der Waals surface area (Å²) in [6.07, 6.45) is 6.69. The van der Waals surface area contributed by atoms with Crippen LogP contribution in [0.1, 0.15) is 53.0 Å². The quantitative estimate of drug-likeness (QED) is 0.520. The van der Waals surface area contributed by atoms with Gasteiger partial charge in [-0.15, -0.1) is 11.8 Å². The number of hydrogen-bond acceptors (Lipinski definition) is 7. The molecule has 1 aliphatic heterocycles. The number of aromatic nitrogens is 4. The van der Waals surface area contributed by atoms with E-state index in [0.29, 0.717) is 34.9 Å². The summed E-state index contributed by atoms with van der Waals surface area (Å²) in [6, 6.07) is 9.14. The first-order valence-corrected chi connectivity index (χ1v) is 11.9. The van der Waals surface area contributed by atoms with Crippen molar-refractivity contribution in [3.63, 3.8) is 0 Å². The highest BCUT2D eigenvalue weighted by molar-refractivity contribution is 8.00. The molecule has 9 heteroatoms. The molecule has 1 saturated heterocycles. The van der Waals surface area contributed by atoms with Crippen LogP contribution in [0.15, 0.2) is 53.9 Å². The second-order valence-electron chi connectivity index (χ2n) is 7.27. The van der Waals surface area contributed by atoms with E-state index < -0.39 is 5.97 Å². The van der Waals surface area contributed by atoms with Crippen LogP contribution in [0.5, 0.6) is 0 Å². The molecule has 1 fully saturated rings. The van der Waals surface area contributed by atoms with Crippen LogP contribution in [0.4, 0.5) is 0 Å². The van der Waals surface area contributed by atoms with Crippen LogP contribution in [0, 0.1) is 6.92 Å². The van der Waals surface area contributed by atoms with Gasteiger partial charge in [-0.3, -0.25) is 4.79 Å². The lowest BCUT2D eigenvalue weighted by Crippen LogP contribution is -2.41. The van der Waals surface area contributed by atoms with Crippen molar-refractivity contribution in [1.29, 1.82) is 0 Å². The predicted octanol–water partition coefficient (Wildman–Crippen LogP) is 4.18. The van der Waals surface area contributed by atoms with Crippen molar-refractivity contribution in [2.75, 3.05) is 20.2 Å². The molecule has 3 aromatic rings. The van der Waals surface area contributed by atoms with Crippen molar-refractivity contribution in [3.8, 4) is 5.69 Å². The van der Waals surface area contributed by atoms with Gasteiger partial charge in [-0.25, -0.2) is 9.78 Å². The summed E-state index contributed by atoms with van der Waals surface area (Å²) in [7, 11) is 1.37. The summed E-state index contributed by atoms with van der Waals surface area (Å²) < 4.78 is 4.94. The van der Waals surface area contributed by atoms with Crippen molar-refractivity contribution in [2.24, 2.45) is 0 Å². The number of para-hydroxylation sites is 1. The number of hydrogen-bond donors (Lipinski definition) is 0. The summed E-state index contributed by atoms with van der Waals surface area (Å²) in [5.41, 5.74) is 2.54. The number of carbonyl (C=O) groups excluding carboxylic acids is 2. The molecule has 0 spiro atoms. The summed E-state index contributed by atoms with van der Waals surface area (Å²) in [5.74, 6) is -0.443. The lowest BCUT2D eigenvalue weighted by atomic mass is 10.1. The maximum atomic E-state index is 13.3. The smallest absolute Gasteiger partial charge is 0.340 e. The molecule has 0 saturated carbocycles. The number of esters is 1. The Morgan fingerprint density at radius 1 is 1.09 bits per heavy atom. The highest BCUT2D eigenvalue weighted by Gasteiger charge is 2.29. The predicted molar refractivity (Wildman–Crippen MR) is 128 cm³/mol. The van der Waals surface area contributed by atoms with Crippen LogP contribution in [-0.2, 0) is 4.74 Å². The van der Waals surface area contributed by atoms with E-state index in [4.69, 9.17) is 4.74 Å². The van der Waals surface area contributed by atoms with E-state index in [2.05, 4.69) is 15.2 Å². The fraction of sp³-hybridized carbons (Fsp3) is 0.375. The molecule has 8 nitrogen and oxygen atoms in total. The molecule has 3 heterocycles. The molecule has 4 rings (SSSR count). The minimum atomic E-state index is -0.391. The third-order valence-electron chi connectivity index (χ3n) is 5.23. The zero-order valence-electron chi connectivity index (χ0n) is 19.4. The van der Waals surface area contributed by atoms with Gasteiger partial charge in [0.15, 0.2) is 0 Å². The molecular formula is C24H29N5O3S. The number of amides is 1. The van der Waals surface area contributed by atoms with Gasteiger partial charge in [0.2, 0.25) is 0 Å². The maximum Gasteiger partial charge on any atom is 0.340 e. The Hall–Kier alpha value is -3.20. The van der Waals surface area contributed by atoms with Crippen LogP contribution < -0.4 is 0 Å². The van der Waals surface area contributed by atoms with E-state index in [1.807, 2.05) is 43.9 Å². The lowest BCUT2D eigenvalue weighted by molar-refractivity contribution is 0.0594. The molecule has 1 atom stereocenters. The average molecular weight is 468 g/mol. The number of benzene rings is 1. The fourth-order valence-corrected chi connectivity index (χ4v) is 5.03. The van der Waals surface area contributed by atoms with Gasteiger partial charge in [-0.05, 0) is 43.5 Å². The highest BCUT2D eigenvalue weighted by atomic mass is 32.2. The first-order valence-electron chi connectivity index (χ1n) is 11.0. The van der Waals surface area contributed by atoms with Crippen molar-refractivity contribution in [3.05, 3.63) is 65.6 Å².